The van der Waals surface area contributed by atoms with Crippen LogP contribution in [-0.4, -0.2) is 37.0 Å². The second kappa shape index (κ2) is 6.22. The van der Waals surface area contributed by atoms with Crippen LogP contribution in [0.5, 0.6) is 0 Å². The van der Waals surface area contributed by atoms with Crippen LogP contribution in [0.15, 0.2) is 0 Å². The zero-order chi connectivity index (χ0) is 8.97. The monoisotopic (exact) mass is 206 g/mol. The van der Waals surface area contributed by atoms with Crippen LogP contribution in [0.4, 0.5) is 0 Å². The van der Waals surface area contributed by atoms with Crippen molar-refractivity contribution in [2.24, 2.45) is 0 Å². The minimum absolute atomic E-state index is 0. The molecule has 0 aromatic carbocycles. The predicted octanol–water partition coefficient (Wildman–Crippen LogP) is 1.03. The number of carbonyl (C=O) groups is 1. The highest BCUT2D eigenvalue weighted by Crippen LogP contribution is 2.15. The first-order valence-corrected chi connectivity index (χ1v) is 4.69. The summed E-state index contributed by atoms with van der Waals surface area (Å²) in [4.78, 5) is 13.5. The number of amides is 1. The molecule has 4 heteroatoms. The maximum absolute atomic E-state index is 11.5. The highest BCUT2D eigenvalue weighted by atomic mass is 35.5. The third kappa shape index (κ3) is 3.53. The van der Waals surface area contributed by atoms with E-state index in [2.05, 4.69) is 12.2 Å². The number of nitrogens with zero attached hydrogens (tertiary/aromatic N) is 1. The molecule has 1 aliphatic heterocycles. The van der Waals surface area contributed by atoms with E-state index in [1.807, 2.05) is 11.9 Å². The Morgan fingerprint density at radius 1 is 1.54 bits per heavy atom. The molecule has 1 atom stereocenters. The van der Waals surface area contributed by atoms with Gasteiger partial charge in [0.25, 0.3) is 0 Å². The lowest BCUT2D eigenvalue weighted by atomic mass is 10.0. The average molecular weight is 207 g/mol. The lowest BCUT2D eigenvalue weighted by Crippen LogP contribution is -2.45. The van der Waals surface area contributed by atoms with Crippen molar-refractivity contribution in [1.29, 1.82) is 0 Å². The van der Waals surface area contributed by atoms with E-state index in [9.17, 15) is 4.79 Å². The van der Waals surface area contributed by atoms with Crippen molar-refractivity contribution in [3.8, 4) is 0 Å². The Morgan fingerprint density at radius 3 is 2.77 bits per heavy atom. The number of halogens is 1. The van der Waals surface area contributed by atoms with Gasteiger partial charge in [-0.2, -0.15) is 0 Å². The summed E-state index contributed by atoms with van der Waals surface area (Å²) in [6, 6.07) is 0.444. The lowest BCUT2D eigenvalue weighted by Gasteiger charge is -2.33. The van der Waals surface area contributed by atoms with Crippen molar-refractivity contribution in [2.45, 2.75) is 32.2 Å². The van der Waals surface area contributed by atoms with Crippen molar-refractivity contribution in [1.82, 2.24) is 10.2 Å². The van der Waals surface area contributed by atoms with E-state index in [1.54, 1.807) is 0 Å². The quantitative estimate of drug-likeness (QED) is 0.732. The van der Waals surface area contributed by atoms with Gasteiger partial charge in [0.15, 0.2) is 0 Å². The van der Waals surface area contributed by atoms with Crippen LogP contribution in [0.2, 0.25) is 0 Å². The van der Waals surface area contributed by atoms with Crippen LogP contribution in [0, 0.1) is 0 Å². The number of piperidine rings is 1. The van der Waals surface area contributed by atoms with E-state index in [0.29, 0.717) is 12.6 Å². The first-order chi connectivity index (χ1) is 5.75. The van der Waals surface area contributed by atoms with Gasteiger partial charge in [-0.3, -0.25) is 4.79 Å². The maximum atomic E-state index is 11.5. The Bertz CT molecular complexity index is 164. The fraction of sp³-hybridized carbons (Fsp3) is 0.889. The molecule has 1 rings (SSSR count). The molecule has 0 aromatic heterocycles. The van der Waals surface area contributed by atoms with Gasteiger partial charge in [-0.25, -0.2) is 0 Å². The molecule has 13 heavy (non-hydrogen) atoms. The normalized spacial score (nSPS) is 22.3. The zero-order valence-corrected chi connectivity index (χ0v) is 9.19. The minimum atomic E-state index is 0. The lowest BCUT2D eigenvalue weighted by molar-refractivity contribution is -0.133. The van der Waals surface area contributed by atoms with E-state index in [1.165, 1.54) is 12.8 Å². The Morgan fingerprint density at radius 2 is 2.23 bits per heavy atom. The van der Waals surface area contributed by atoms with Crippen molar-refractivity contribution < 1.29 is 4.79 Å². The molecule has 0 aromatic rings. The standard InChI is InChI=1S/C9H18N2O.ClH/c1-8-5-3-4-6-11(8)9(12)7-10-2;/h8,10H,3-7H2,1-2H3;1H. The van der Waals surface area contributed by atoms with Crippen molar-refractivity contribution >= 4 is 18.3 Å². The second-order valence-electron chi connectivity index (χ2n) is 3.46. The molecule has 0 radical (unpaired) electrons. The van der Waals surface area contributed by atoms with Crippen molar-refractivity contribution in [2.75, 3.05) is 20.1 Å². The maximum Gasteiger partial charge on any atom is 0.236 e. The van der Waals surface area contributed by atoms with Crippen LogP contribution in [-0.2, 0) is 4.79 Å². The minimum Gasteiger partial charge on any atom is -0.339 e. The third-order valence-electron chi connectivity index (χ3n) is 2.45. The predicted molar refractivity (Wildman–Crippen MR) is 56.2 cm³/mol. The molecule has 1 fully saturated rings. The largest absolute Gasteiger partial charge is 0.339 e. The number of hydrogen-bond acceptors (Lipinski definition) is 2. The molecule has 0 bridgehead atoms. The van der Waals surface area contributed by atoms with Crippen LogP contribution in [0.3, 0.4) is 0 Å². The van der Waals surface area contributed by atoms with Gasteiger partial charge in [-0.1, -0.05) is 0 Å². The molecule has 0 aliphatic carbocycles. The van der Waals surface area contributed by atoms with E-state index < -0.39 is 0 Å². The molecule has 0 spiro atoms. The molecule has 1 amide bonds. The summed E-state index contributed by atoms with van der Waals surface area (Å²) < 4.78 is 0. The van der Waals surface area contributed by atoms with Gasteiger partial charge < -0.3 is 10.2 Å². The first kappa shape index (κ1) is 12.7. The van der Waals surface area contributed by atoms with Gasteiger partial charge in [-0.15, -0.1) is 12.4 Å². The Kier molecular flexibility index (Phi) is 6.08. The average Bonchev–Trinajstić information content (AvgIpc) is 2.05. The van der Waals surface area contributed by atoms with Crippen molar-refractivity contribution in [3.63, 3.8) is 0 Å². The van der Waals surface area contributed by atoms with Crippen molar-refractivity contribution in [3.05, 3.63) is 0 Å². The first-order valence-electron chi connectivity index (χ1n) is 4.69. The SMILES string of the molecule is CNCC(=O)N1CCCCC1C.Cl. The number of rotatable bonds is 2. The van der Waals surface area contributed by atoms with Crippen LogP contribution >= 0.6 is 12.4 Å². The summed E-state index contributed by atoms with van der Waals surface area (Å²) in [5, 5.41) is 2.89. The van der Waals surface area contributed by atoms with Gasteiger partial charge in [0.05, 0.1) is 6.54 Å². The number of likely N-dealkylation sites (N-methyl/N-ethyl adjacent to an activating group) is 1. The smallest absolute Gasteiger partial charge is 0.236 e. The van der Waals surface area contributed by atoms with Crippen LogP contribution in [0.25, 0.3) is 0 Å². The topological polar surface area (TPSA) is 32.3 Å². The molecule has 1 saturated heterocycles. The van der Waals surface area contributed by atoms with Crippen LogP contribution in [0.1, 0.15) is 26.2 Å². The molecular formula is C9H19ClN2O. The molecular weight excluding hydrogens is 188 g/mol. The highest BCUT2D eigenvalue weighted by Gasteiger charge is 2.21. The fourth-order valence-corrected chi connectivity index (χ4v) is 1.72. The fourth-order valence-electron chi connectivity index (χ4n) is 1.72. The van der Waals surface area contributed by atoms with Gasteiger partial charge in [0.1, 0.15) is 0 Å². The summed E-state index contributed by atoms with van der Waals surface area (Å²) in [5.41, 5.74) is 0. The Labute approximate surface area is 86.3 Å². The van der Waals surface area contributed by atoms with Gasteiger partial charge in [0.2, 0.25) is 5.91 Å². The summed E-state index contributed by atoms with van der Waals surface area (Å²) in [5.74, 6) is 0.240. The number of nitrogens with one attached hydrogen (secondary N) is 1. The molecule has 78 valence electrons. The van der Waals surface area contributed by atoms with E-state index in [-0.39, 0.29) is 18.3 Å². The van der Waals surface area contributed by atoms with E-state index >= 15 is 0 Å². The summed E-state index contributed by atoms with van der Waals surface area (Å²) >= 11 is 0. The molecule has 1 heterocycles. The van der Waals surface area contributed by atoms with Gasteiger partial charge >= 0.3 is 0 Å². The molecule has 1 unspecified atom stereocenters. The third-order valence-corrected chi connectivity index (χ3v) is 2.45. The molecule has 0 saturated carbocycles. The number of likely N-dealkylation sites (tertiary alicyclic amines) is 1. The van der Waals surface area contributed by atoms with E-state index in [4.69, 9.17) is 0 Å². The molecule has 1 aliphatic rings. The van der Waals surface area contributed by atoms with Crippen LogP contribution < -0.4 is 5.32 Å². The Hall–Kier alpha value is -0.280. The number of carbonyl (C=O) groups excluding carboxylic acids is 1. The Balaban J connectivity index is 0.00000144. The molecule has 1 N–H and O–H groups in total. The summed E-state index contributed by atoms with van der Waals surface area (Å²) in [6.07, 6.45) is 3.60. The molecule has 3 nitrogen and oxygen atoms in total. The number of hydrogen-bond donors (Lipinski definition) is 1. The highest BCUT2D eigenvalue weighted by molar-refractivity contribution is 5.85. The summed E-state index contributed by atoms with van der Waals surface area (Å²) in [7, 11) is 1.81. The van der Waals surface area contributed by atoms with Gasteiger partial charge in [0, 0.05) is 12.6 Å². The summed E-state index contributed by atoms with van der Waals surface area (Å²) in [6.45, 7) is 3.55. The second-order valence-corrected chi connectivity index (χ2v) is 3.46. The van der Waals surface area contributed by atoms with E-state index in [0.717, 1.165) is 13.0 Å². The van der Waals surface area contributed by atoms with Gasteiger partial charge in [-0.05, 0) is 33.2 Å². The zero-order valence-electron chi connectivity index (χ0n) is 8.38.